The van der Waals surface area contributed by atoms with Crippen LogP contribution in [0, 0.1) is 12.8 Å². The second-order valence-electron chi connectivity index (χ2n) is 6.32. The third-order valence-electron chi connectivity index (χ3n) is 2.80. The van der Waals surface area contributed by atoms with E-state index in [2.05, 4.69) is 15.0 Å². The molecule has 7 heteroatoms. The van der Waals surface area contributed by atoms with Crippen LogP contribution in [0.4, 0.5) is 4.79 Å². The first-order chi connectivity index (χ1) is 10.0. The maximum atomic E-state index is 11.9. The van der Waals surface area contributed by atoms with E-state index >= 15 is 0 Å². The predicted octanol–water partition coefficient (Wildman–Crippen LogP) is 2.99. The topological polar surface area (TPSA) is 90.7 Å². The molecule has 0 bridgehead atoms. The number of amides is 1. The number of carbonyl (C=O) groups excluding carboxylic acids is 2. The van der Waals surface area contributed by atoms with Crippen molar-refractivity contribution in [2.24, 2.45) is 5.92 Å². The van der Waals surface area contributed by atoms with Gasteiger partial charge in [0.2, 0.25) is 5.89 Å². The van der Waals surface area contributed by atoms with Crippen LogP contribution < -0.4 is 5.32 Å². The van der Waals surface area contributed by atoms with Crippen molar-refractivity contribution in [1.29, 1.82) is 0 Å². The molecule has 22 heavy (non-hydrogen) atoms. The minimum absolute atomic E-state index is 0.00364. The van der Waals surface area contributed by atoms with Gasteiger partial charge in [-0.15, -0.1) is 0 Å². The summed E-state index contributed by atoms with van der Waals surface area (Å²) in [6.07, 6.45) is -0.568. The molecule has 1 atom stereocenters. The first-order valence-electron chi connectivity index (χ1n) is 7.10. The average Bonchev–Trinajstić information content (AvgIpc) is 2.74. The van der Waals surface area contributed by atoms with Crippen molar-refractivity contribution >= 4 is 12.1 Å². The number of rotatable bonds is 4. The average molecular weight is 312 g/mol. The zero-order chi connectivity index (χ0) is 17.1. The molecular formula is C15H24N2O5. The molecule has 0 aliphatic carbocycles. The van der Waals surface area contributed by atoms with Crippen LogP contribution in [-0.4, -0.2) is 29.8 Å². The van der Waals surface area contributed by atoms with Gasteiger partial charge in [-0.3, -0.25) is 0 Å². The number of nitrogens with zero attached hydrogens (tertiary/aromatic N) is 1. The van der Waals surface area contributed by atoms with Gasteiger partial charge >= 0.3 is 12.1 Å². The molecule has 0 spiro atoms. The van der Waals surface area contributed by atoms with Gasteiger partial charge in [0.15, 0.2) is 5.69 Å². The zero-order valence-corrected chi connectivity index (χ0v) is 14.1. The Kier molecular flexibility index (Phi) is 5.57. The molecule has 1 N–H and O–H groups in total. The molecule has 1 unspecified atom stereocenters. The fourth-order valence-corrected chi connectivity index (χ4v) is 1.78. The van der Waals surface area contributed by atoms with Gasteiger partial charge in [0.05, 0.1) is 7.11 Å². The van der Waals surface area contributed by atoms with Crippen molar-refractivity contribution in [3.8, 4) is 0 Å². The number of nitrogens with one attached hydrogen (secondary N) is 1. The molecule has 0 saturated heterocycles. The first kappa shape index (κ1) is 18.0. The quantitative estimate of drug-likeness (QED) is 0.859. The molecular weight excluding hydrogens is 288 g/mol. The Bertz CT molecular complexity index is 543. The fourth-order valence-electron chi connectivity index (χ4n) is 1.78. The largest absolute Gasteiger partial charge is 0.464 e. The van der Waals surface area contributed by atoms with Gasteiger partial charge in [0, 0.05) is 0 Å². The van der Waals surface area contributed by atoms with Crippen molar-refractivity contribution in [1.82, 2.24) is 10.3 Å². The summed E-state index contributed by atoms with van der Waals surface area (Å²) in [5, 5.41) is 2.72. The standard InChI is InChI=1S/C15H24N2O5/c1-8(2)10(17-14(19)22-15(4,5)6)12-16-11(9(3)21-12)13(18)20-7/h8,10H,1-7H3,(H,17,19). The molecule has 0 aliphatic rings. The molecule has 124 valence electrons. The molecule has 0 fully saturated rings. The molecule has 7 nitrogen and oxygen atoms in total. The summed E-state index contributed by atoms with van der Waals surface area (Å²) in [5.74, 6) is 0.0144. The third-order valence-corrected chi connectivity index (χ3v) is 2.80. The summed E-state index contributed by atoms with van der Waals surface area (Å²) in [7, 11) is 1.27. The molecule has 0 saturated carbocycles. The Hall–Kier alpha value is -2.05. The lowest BCUT2D eigenvalue weighted by atomic mass is 10.0. The van der Waals surface area contributed by atoms with Crippen molar-refractivity contribution in [2.75, 3.05) is 7.11 Å². The number of carbonyl (C=O) groups is 2. The minimum atomic E-state index is -0.602. The van der Waals surface area contributed by atoms with Crippen LogP contribution in [0.1, 0.15) is 62.8 Å². The highest BCUT2D eigenvalue weighted by atomic mass is 16.6. The van der Waals surface area contributed by atoms with Gasteiger partial charge in [0.1, 0.15) is 17.4 Å². The van der Waals surface area contributed by atoms with Gasteiger partial charge in [0.25, 0.3) is 0 Å². The molecule has 1 rings (SSSR count). The van der Waals surface area contributed by atoms with E-state index in [4.69, 9.17) is 9.15 Å². The molecule has 1 amide bonds. The Morgan fingerprint density at radius 3 is 2.32 bits per heavy atom. The van der Waals surface area contributed by atoms with E-state index in [0.717, 1.165) is 0 Å². The van der Waals surface area contributed by atoms with Crippen LogP contribution in [0.5, 0.6) is 0 Å². The van der Waals surface area contributed by atoms with E-state index in [1.807, 2.05) is 13.8 Å². The lowest BCUT2D eigenvalue weighted by Gasteiger charge is -2.24. The summed E-state index contributed by atoms with van der Waals surface area (Å²) in [5.41, 5.74) is -0.496. The van der Waals surface area contributed by atoms with Crippen LogP contribution in [-0.2, 0) is 9.47 Å². The number of alkyl carbamates (subject to hydrolysis) is 1. The SMILES string of the molecule is COC(=O)c1nc(C(NC(=O)OC(C)(C)C)C(C)C)oc1C. The summed E-state index contributed by atoms with van der Waals surface area (Å²) in [6.45, 7) is 10.8. The van der Waals surface area contributed by atoms with Gasteiger partial charge in [-0.25, -0.2) is 14.6 Å². The maximum Gasteiger partial charge on any atom is 0.408 e. The number of hydrogen-bond acceptors (Lipinski definition) is 6. The predicted molar refractivity (Wildman–Crippen MR) is 79.5 cm³/mol. The molecule has 0 aromatic carbocycles. The number of oxazole rings is 1. The summed E-state index contributed by atoms with van der Waals surface area (Å²) in [6, 6.07) is -0.507. The van der Waals surface area contributed by atoms with E-state index in [9.17, 15) is 9.59 Å². The number of hydrogen-bond donors (Lipinski definition) is 1. The Morgan fingerprint density at radius 2 is 1.86 bits per heavy atom. The fraction of sp³-hybridized carbons (Fsp3) is 0.667. The molecule has 0 aliphatic heterocycles. The van der Waals surface area contributed by atoms with E-state index in [1.54, 1.807) is 27.7 Å². The number of esters is 1. The van der Waals surface area contributed by atoms with Crippen molar-refractivity contribution in [3.63, 3.8) is 0 Å². The van der Waals surface area contributed by atoms with Crippen LogP contribution in [0.25, 0.3) is 0 Å². The van der Waals surface area contributed by atoms with Crippen LogP contribution in [0.2, 0.25) is 0 Å². The summed E-state index contributed by atoms with van der Waals surface area (Å²) in [4.78, 5) is 27.7. The number of aromatic nitrogens is 1. The molecule has 1 heterocycles. The third kappa shape index (κ3) is 4.75. The highest BCUT2D eigenvalue weighted by Gasteiger charge is 2.28. The Morgan fingerprint density at radius 1 is 1.27 bits per heavy atom. The van der Waals surface area contributed by atoms with Crippen molar-refractivity contribution < 1.29 is 23.5 Å². The normalized spacial score (nSPS) is 12.9. The lowest BCUT2D eigenvalue weighted by Crippen LogP contribution is -2.37. The van der Waals surface area contributed by atoms with Gasteiger partial charge in [-0.05, 0) is 33.6 Å². The van der Waals surface area contributed by atoms with E-state index in [0.29, 0.717) is 5.76 Å². The highest BCUT2D eigenvalue weighted by Crippen LogP contribution is 2.24. The number of aryl methyl sites for hydroxylation is 1. The Labute approximate surface area is 130 Å². The van der Waals surface area contributed by atoms with Crippen LogP contribution in [0.3, 0.4) is 0 Å². The summed E-state index contributed by atoms with van der Waals surface area (Å²) < 4.78 is 15.4. The van der Waals surface area contributed by atoms with E-state index in [-0.39, 0.29) is 17.5 Å². The van der Waals surface area contributed by atoms with Crippen molar-refractivity contribution in [3.05, 3.63) is 17.3 Å². The molecule has 1 aromatic rings. The lowest BCUT2D eigenvalue weighted by molar-refractivity contribution is 0.0478. The van der Waals surface area contributed by atoms with E-state index in [1.165, 1.54) is 7.11 Å². The van der Waals surface area contributed by atoms with Gasteiger partial charge in [-0.2, -0.15) is 0 Å². The zero-order valence-electron chi connectivity index (χ0n) is 14.1. The number of methoxy groups -OCH3 is 1. The molecule has 1 aromatic heterocycles. The van der Waals surface area contributed by atoms with Crippen LogP contribution in [0.15, 0.2) is 4.42 Å². The van der Waals surface area contributed by atoms with Crippen molar-refractivity contribution in [2.45, 2.75) is 53.2 Å². The second kappa shape index (κ2) is 6.81. The minimum Gasteiger partial charge on any atom is -0.464 e. The smallest absolute Gasteiger partial charge is 0.408 e. The maximum absolute atomic E-state index is 11.9. The van der Waals surface area contributed by atoms with Crippen LogP contribution >= 0.6 is 0 Å². The first-order valence-corrected chi connectivity index (χ1v) is 7.10. The second-order valence-corrected chi connectivity index (χ2v) is 6.32. The monoisotopic (exact) mass is 312 g/mol. The molecule has 0 radical (unpaired) electrons. The Balaban J connectivity index is 2.97. The highest BCUT2D eigenvalue weighted by molar-refractivity contribution is 5.88. The summed E-state index contributed by atoms with van der Waals surface area (Å²) >= 11 is 0. The number of ether oxygens (including phenoxy) is 2. The van der Waals surface area contributed by atoms with E-state index < -0.39 is 23.7 Å². The van der Waals surface area contributed by atoms with Gasteiger partial charge in [-0.1, -0.05) is 13.8 Å². The van der Waals surface area contributed by atoms with Gasteiger partial charge < -0.3 is 19.2 Å².